The Morgan fingerprint density at radius 3 is 2.17 bits per heavy atom. The quantitative estimate of drug-likeness (QED) is 0.285. The number of nitrogens with two attached hydrogens (primary N) is 1. The van der Waals surface area contributed by atoms with Crippen LogP contribution in [0.2, 0.25) is 0 Å². The number of fused-ring (bicyclic) bond motifs is 1. The van der Waals surface area contributed by atoms with Gasteiger partial charge in [0.2, 0.25) is 0 Å². The molecule has 0 aliphatic rings. The van der Waals surface area contributed by atoms with Crippen molar-refractivity contribution in [2.75, 3.05) is 19.0 Å². The number of hydrogen-bond acceptors (Lipinski definition) is 6. The Morgan fingerprint density at radius 1 is 1.14 bits per heavy atom. The summed E-state index contributed by atoms with van der Waals surface area (Å²) in [6.45, 7) is 2.88. The lowest BCUT2D eigenvalue weighted by Gasteiger charge is -2.17. The van der Waals surface area contributed by atoms with Crippen LogP contribution in [0.15, 0.2) is 30.5 Å². The van der Waals surface area contributed by atoms with Gasteiger partial charge in [0.15, 0.2) is 0 Å². The van der Waals surface area contributed by atoms with E-state index in [2.05, 4.69) is 17.2 Å². The number of phosphoric acid groups is 2. The van der Waals surface area contributed by atoms with E-state index in [1.54, 1.807) is 7.11 Å². The number of benzene rings is 1. The first-order valence-electron chi connectivity index (χ1n) is 8.20. The Bertz CT molecular complexity index is 804. The molecule has 0 aliphatic heterocycles. The highest BCUT2D eigenvalue weighted by molar-refractivity contribution is 7.45. The van der Waals surface area contributed by atoms with Gasteiger partial charge < -0.3 is 45.1 Å². The molecule has 9 N–H and O–H groups in total. The standard InChI is InChI=1S/C15H21N3O.2H3O4P/c1-11(5-3-7-16)18-14-10-13(19-2)9-12-6-4-8-17-15(12)14;2*1-5(2,3)4/h4,6,8-11,18H,3,5,7,16H2,1-2H3;2*(H3,1,2,3,4)/t11-;;/m1../s1. The molecule has 2 aromatic rings. The van der Waals surface area contributed by atoms with E-state index in [4.69, 9.17) is 49.0 Å². The van der Waals surface area contributed by atoms with Crippen molar-refractivity contribution in [2.45, 2.75) is 25.8 Å². The monoisotopic (exact) mass is 455 g/mol. The second-order valence-corrected chi connectivity index (χ2v) is 7.81. The smallest absolute Gasteiger partial charge is 0.466 e. The maximum Gasteiger partial charge on any atom is 0.466 e. The second kappa shape index (κ2) is 12.9. The van der Waals surface area contributed by atoms with Crippen molar-refractivity contribution in [3.63, 3.8) is 0 Å². The Kier molecular flexibility index (Phi) is 12.2. The van der Waals surface area contributed by atoms with Gasteiger partial charge in [-0.05, 0) is 38.4 Å². The fourth-order valence-corrected chi connectivity index (χ4v) is 2.15. The summed E-state index contributed by atoms with van der Waals surface area (Å²) in [6.07, 6.45) is 3.87. The highest BCUT2D eigenvalue weighted by Gasteiger charge is 2.08. The number of hydrogen-bond donors (Lipinski definition) is 8. The van der Waals surface area contributed by atoms with Gasteiger partial charge in [0.05, 0.1) is 18.3 Å². The molecule has 2 rings (SSSR count). The minimum absolute atomic E-state index is 0.362. The molecule has 0 spiro atoms. The van der Waals surface area contributed by atoms with Gasteiger partial charge in [0, 0.05) is 23.7 Å². The molecule has 0 fully saturated rings. The normalized spacial score (nSPS) is 12.2. The van der Waals surface area contributed by atoms with E-state index in [1.165, 1.54) is 0 Å². The fourth-order valence-electron chi connectivity index (χ4n) is 2.15. The van der Waals surface area contributed by atoms with Crippen LogP contribution in [0, 0.1) is 0 Å². The average molecular weight is 455 g/mol. The average Bonchev–Trinajstić information content (AvgIpc) is 2.57. The minimum atomic E-state index is -4.64. The molecule has 1 aromatic carbocycles. The Morgan fingerprint density at radius 2 is 1.69 bits per heavy atom. The van der Waals surface area contributed by atoms with Crippen molar-refractivity contribution < 1.29 is 43.2 Å². The number of nitrogens with zero attached hydrogens (tertiary/aromatic N) is 1. The van der Waals surface area contributed by atoms with E-state index in [9.17, 15) is 0 Å². The molecule has 0 saturated carbocycles. The molecule has 0 bridgehead atoms. The van der Waals surface area contributed by atoms with Crippen LogP contribution in [0.3, 0.4) is 0 Å². The lowest BCUT2D eigenvalue weighted by molar-refractivity contribution is 0.272. The van der Waals surface area contributed by atoms with E-state index < -0.39 is 15.6 Å². The number of rotatable bonds is 6. The zero-order chi connectivity index (χ0) is 22.7. The topological polar surface area (TPSA) is 216 Å². The van der Waals surface area contributed by atoms with E-state index >= 15 is 0 Å². The molecule has 0 aliphatic carbocycles. The van der Waals surface area contributed by atoms with Crippen molar-refractivity contribution in [3.8, 4) is 5.75 Å². The SMILES string of the molecule is COc1cc(N[C@H](C)CCCN)c2ncccc2c1.O=P(O)(O)O.O=P(O)(O)O. The zero-order valence-corrected chi connectivity index (χ0v) is 17.7. The summed E-state index contributed by atoms with van der Waals surface area (Å²) < 4.78 is 23.1. The lowest BCUT2D eigenvalue weighted by atomic mass is 10.1. The number of ether oxygens (including phenoxy) is 1. The largest absolute Gasteiger partial charge is 0.497 e. The summed E-state index contributed by atoms with van der Waals surface area (Å²) in [7, 11) is -7.60. The van der Waals surface area contributed by atoms with Gasteiger partial charge in [-0.25, -0.2) is 9.13 Å². The lowest BCUT2D eigenvalue weighted by Crippen LogP contribution is -2.17. The number of methoxy groups -OCH3 is 1. The highest BCUT2D eigenvalue weighted by Crippen LogP contribution is 2.28. The van der Waals surface area contributed by atoms with Gasteiger partial charge in [-0.3, -0.25) is 4.98 Å². The summed E-state index contributed by atoms with van der Waals surface area (Å²) >= 11 is 0. The predicted molar refractivity (Wildman–Crippen MR) is 108 cm³/mol. The van der Waals surface area contributed by atoms with Crippen molar-refractivity contribution in [3.05, 3.63) is 30.5 Å². The zero-order valence-electron chi connectivity index (χ0n) is 15.9. The van der Waals surface area contributed by atoms with Crippen LogP contribution in [-0.4, -0.2) is 54.0 Å². The molecule has 0 amide bonds. The summed E-state index contributed by atoms with van der Waals surface area (Å²) in [5.41, 5.74) is 7.53. The van der Waals surface area contributed by atoms with Gasteiger partial charge in [0.1, 0.15) is 5.75 Å². The van der Waals surface area contributed by atoms with Crippen LogP contribution < -0.4 is 15.8 Å². The second-order valence-electron chi connectivity index (χ2n) is 5.75. The van der Waals surface area contributed by atoms with E-state index in [1.807, 2.05) is 30.5 Å². The van der Waals surface area contributed by atoms with E-state index in [-0.39, 0.29) is 0 Å². The molecular weight excluding hydrogens is 428 g/mol. The Hall–Kier alpha value is -1.59. The molecule has 0 unspecified atom stereocenters. The third-order valence-electron chi connectivity index (χ3n) is 3.16. The van der Waals surface area contributed by atoms with Gasteiger partial charge in [-0.2, -0.15) is 0 Å². The van der Waals surface area contributed by atoms with Crippen LogP contribution >= 0.6 is 15.6 Å². The van der Waals surface area contributed by atoms with Crippen molar-refractivity contribution in [1.82, 2.24) is 4.98 Å². The van der Waals surface area contributed by atoms with Gasteiger partial charge >= 0.3 is 15.6 Å². The van der Waals surface area contributed by atoms with E-state index in [0.717, 1.165) is 41.7 Å². The molecule has 0 saturated heterocycles. The third-order valence-corrected chi connectivity index (χ3v) is 3.16. The molecule has 0 radical (unpaired) electrons. The first-order valence-corrected chi connectivity index (χ1v) is 11.3. The molecule has 29 heavy (non-hydrogen) atoms. The molecular formula is C15H27N3O9P2. The van der Waals surface area contributed by atoms with Crippen LogP contribution in [0.5, 0.6) is 5.75 Å². The first kappa shape index (κ1) is 27.4. The molecule has 166 valence electrons. The van der Waals surface area contributed by atoms with Crippen LogP contribution in [0.25, 0.3) is 10.9 Å². The van der Waals surface area contributed by atoms with Gasteiger partial charge in [0.25, 0.3) is 0 Å². The molecule has 1 heterocycles. The van der Waals surface area contributed by atoms with Gasteiger partial charge in [-0.1, -0.05) is 6.07 Å². The summed E-state index contributed by atoms with van der Waals surface area (Å²) in [6, 6.07) is 8.33. The van der Waals surface area contributed by atoms with Crippen LogP contribution in [0.4, 0.5) is 5.69 Å². The number of nitrogens with one attached hydrogen (secondary N) is 1. The van der Waals surface area contributed by atoms with Crippen molar-refractivity contribution >= 4 is 32.2 Å². The van der Waals surface area contributed by atoms with Crippen LogP contribution in [0.1, 0.15) is 19.8 Å². The molecule has 12 nitrogen and oxygen atoms in total. The molecule has 1 atom stereocenters. The molecule has 14 heteroatoms. The first-order chi connectivity index (χ1) is 13.2. The minimum Gasteiger partial charge on any atom is -0.497 e. The van der Waals surface area contributed by atoms with Crippen LogP contribution in [-0.2, 0) is 9.13 Å². The number of pyridine rings is 1. The Balaban J connectivity index is 0.000000653. The summed E-state index contributed by atoms with van der Waals surface area (Å²) in [5, 5.41) is 4.58. The number of anilines is 1. The van der Waals surface area contributed by atoms with Crippen molar-refractivity contribution in [1.29, 1.82) is 0 Å². The predicted octanol–water partition coefficient (Wildman–Crippen LogP) is 0.926. The maximum absolute atomic E-state index is 8.88. The fraction of sp³-hybridized carbons (Fsp3) is 0.400. The maximum atomic E-state index is 8.88. The van der Waals surface area contributed by atoms with E-state index in [0.29, 0.717) is 6.04 Å². The number of aromatic nitrogens is 1. The third kappa shape index (κ3) is 16.0. The Labute approximate surface area is 167 Å². The molecule has 1 aromatic heterocycles. The summed E-state index contributed by atoms with van der Waals surface area (Å²) in [5.74, 6) is 0.842. The summed E-state index contributed by atoms with van der Waals surface area (Å²) in [4.78, 5) is 47.6. The van der Waals surface area contributed by atoms with Crippen molar-refractivity contribution in [2.24, 2.45) is 5.73 Å². The highest BCUT2D eigenvalue weighted by atomic mass is 31.2. The van der Waals surface area contributed by atoms with Gasteiger partial charge in [-0.15, -0.1) is 0 Å².